The van der Waals surface area contributed by atoms with Crippen LogP contribution in [0.5, 0.6) is 11.5 Å². The Morgan fingerprint density at radius 1 is 1.06 bits per heavy atom. The van der Waals surface area contributed by atoms with Gasteiger partial charge in [0, 0.05) is 12.0 Å². The van der Waals surface area contributed by atoms with E-state index in [1.165, 1.54) is 17.1 Å². The van der Waals surface area contributed by atoms with Crippen molar-refractivity contribution in [2.75, 3.05) is 14.2 Å². The molecule has 158 valence electrons. The lowest BCUT2D eigenvalue weighted by molar-refractivity contribution is 0.0711. The van der Waals surface area contributed by atoms with Crippen molar-refractivity contribution in [1.82, 2.24) is 5.01 Å². The highest BCUT2D eigenvalue weighted by molar-refractivity contribution is 6.33. The van der Waals surface area contributed by atoms with Crippen molar-refractivity contribution in [1.29, 1.82) is 0 Å². The summed E-state index contributed by atoms with van der Waals surface area (Å²) in [6, 6.07) is 17.9. The summed E-state index contributed by atoms with van der Waals surface area (Å²) < 4.78 is 24.8. The molecule has 1 aliphatic heterocycles. The molecule has 0 aromatic heterocycles. The maximum atomic E-state index is 14.0. The minimum atomic E-state index is -0.495. The number of halogens is 2. The number of nitrogens with zero attached hydrogens (tertiary/aromatic N) is 2. The van der Waals surface area contributed by atoms with Crippen LogP contribution in [0.2, 0.25) is 5.02 Å². The molecule has 4 rings (SSSR count). The van der Waals surface area contributed by atoms with Gasteiger partial charge in [-0.15, -0.1) is 0 Å². The van der Waals surface area contributed by atoms with E-state index in [2.05, 4.69) is 5.10 Å². The number of hydrogen-bond acceptors (Lipinski definition) is 4. The normalized spacial score (nSPS) is 15.5. The molecule has 31 heavy (non-hydrogen) atoms. The molecule has 0 bridgehead atoms. The Labute approximate surface area is 184 Å². The van der Waals surface area contributed by atoms with E-state index in [4.69, 9.17) is 21.1 Å². The van der Waals surface area contributed by atoms with Gasteiger partial charge in [-0.05, 0) is 48.0 Å². The van der Waals surface area contributed by atoms with Gasteiger partial charge in [0.25, 0.3) is 5.91 Å². The molecule has 3 aromatic carbocycles. The third-order valence-corrected chi connectivity index (χ3v) is 5.50. The lowest BCUT2D eigenvalue weighted by Gasteiger charge is -2.22. The summed E-state index contributed by atoms with van der Waals surface area (Å²) in [5.41, 5.74) is 2.30. The molecule has 1 aliphatic rings. The summed E-state index contributed by atoms with van der Waals surface area (Å²) in [6.07, 6.45) is 0.378. The standard InChI is InChI=1S/C24H20ClFN2O3/c1-30-17-10-11-23(31-2)19(13-17)21-14-22(15-6-5-7-16(26)12-15)28(27-21)24(29)18-8-3-4-9-20(18)25/h3-13,22H,14H2,1-2H3/t22-/m0/s1. The van der Waals surface area contributed by atoms with Gasteiger partial charge in [0.05, 0.1) is 36.6 Å². The van der Waals surface area contributed by atoms with Gasteiger partial charge >= 0.3 is 0 Å². The smallest absolute Gasteiger partial charge is 0.276 e. The Morgan fingerprint density at radius 3 is 2.58 bits per heavy atom. The first kappa shape index (κ1) is 20.9. The van der Waals surface area contributed by atoms with Crippen molar-refractivity contribution < 1.29 is 18.7 Å². The topological polar surface area (TPSA) is 51.1 Å². The van der Waals surface area contributed by atoms with E-state index in [0.717, 1.165) is 0 Å². The van der Waals surface area contributed by atoms with Crippen LogP contribution in [0.25, 0.3) is 0 Å². The van der Waals surface area contributed by atoms with Crippen LogP contribution >= 0.6 is 11.6 Å². The van der Waals surface area contributed by atoms with Crippen LogP contribution in [0.3, 0.4) is 0 Å². The van der Waals surface area contributed by atoms with Crippen LogP contribution in [0, 0.1) is 5.82 Å². The molecule has 0 unspecified atom stereocenters. The fraction of sp³-hybridized carbons (Fsp3) is 0.167. The first-order chi connectivity index (χ1) is 15.0. The molecule has 1 amide bonds. The highest BCUT2D eigenvalue weighted by Gasteiger charge is 2.35. The number of rotatable bonds is 5. The SMILES string of the molecule is COc1ccc(OC)c(C2=NN(C(=O)c3ccccc3Cl)[C@H](c3cccc(F)c3)C2)c1. The van der Waals surface area contributed by atoms with Crippen molar-refractivity contribution in [3.63, 3.8) is 0 Å². The molecule has 0 aliphatic carbocycles. The molecular formula is C24H20ClFN2O3. The summed E-state index contributed by atoms with van der Waals surface area (Å²) in [5, 5.41) is 6.32. The minimum absolute atomic E-state index is 0.327. The van der Waals surface area contributed by atoms with Crippen LogP contribution in [0.15, 0.2) is 71.8 Å². The zero-order valence-electron chi connectivity index (χ0n) is 17.0. The molecule has 7 heteroatoms. The third kappa shape index (κ3) is 4.11. The predicted molar refractivity (Wildman–Crippen MR) is 117 cm³/mol. The number of amides is 1. The Kier molecular flexibility index (Phi) is 5.91. The zero-order chi connectivity index (χ0) is 22.0. The van der Waals surface area contributed by atoms with Crippen molar-refractivity contribution >= 4 is 23.2 Å². The summed E-state index contributed by atoms with van der Waals surface area (Å²) >= 11 is 6.26. The Bertz CT molecular complexity index is 1170. The number of carbonyl (C=O) groups is 1. The largest absolute Gasteiger partial charge is 0.497 e. The number of benzene rings is 3. The molecular weight excluding hydrogens is 419 g/mol. The second kappa shape index (κ2) is 8.78. The van der Waals surface area contributed by atoms with E-state index >= 15 is 0 Å². The molecule has 0 N–H and O–H groups in total. The third-order valence-electron chi connectivity index (χ3n) is 5.17. The molecule has 0 saturated carbocycles. The fourth-order valence-electron chi connectivity index (χ4n) is 3.63. The van der Waals surface area contributed by atoms with Crippen LogP contribution < -0.4 is 9.47 Å². The maximum absolute atomic E-state index is 14.0. The summed E-state index contributed by atoms with van der Waals surface area (Å²) in [6.45, 7) is 0. The first-order valence-corrected chi connectivity index (χ1v) is 10.0. The Hall–Kier alpha value is -3.38. The molecule has 1 atom stereocenters. The van der Waals surface area contributed by atoms with E-state index in [0.29, 0.717) is 45.3 Å². The average Bonchev–Trinajstić information content (AvgIpc) is 3.24. The van der Waals surface area contributed by atoms with Gasteiger partial charge in [-0.2, -0.15) is 5.10 Å². The highest BCUT2D eigenvalue weighted by atomic mass is 35.5. The molecule has 1 heterocycles. The summed E-state index contributed by atoms with van der Waals surface area (Å²) in [4.78, 5) is 13.4. The van der Waals surface area contributed by atoms with Gasteiger partial charge in [-0.1, -0.05) is 35.9 Å². The summed E-state index contributed by atoms with van der Waals surface area (Å²) in [5.74, 6) is 0.494. The van der Waals surface area contributed by atoms with Crippen molar-refractivity contribution in [2.45, 2.75) is 12.5 Å². The van der Waals surface area contributed by atoms with Gasteiger partial charge in [-0.25, -0.2) is 9.40 Å². The second-order valence-electron chi connectivity index (χ2n) is 7.02. The number of methoxy groups -OCH3 is 2. The zero-order valence-corrected chi connectivity index (χ0v) is 17.8. The Morgan fingerprint density at radius 2 is 1.87 bits per heavy atom. The van der Waals surface area contributed by atoms with Crippen molar-refractivity contribution in [2.24, 2.45) is 5.10 Å². The van der Waals surface area contributed by atoms with E-state index in [-0.39, 0.29) is 11.7 Å². The second-order valence-corrected chi connectivity index (χ2v) is 7.42. The first-order valence-electron chi connectivity index (χ1n) is 9.65. The molecule has 0 saturated heterocycles. The molecule has 5 nitrogen and oxygen atoms in total. The van der Waals surface area contributed by atoms with E-state index in [9.17, 15) is 9.18 Å². The van der Waals surface area contributed by atoms with Gasteiger partial charge in [0.1, 0.15) is 17.3 Å². The van der Waals surface area contributed by atoms with Gasteiger partial charge in [-0.3, -0.25) is 4.79 Å². The van der Waals surface area contributed by atoms with Crippen molar-refractivity contribution in [3.05, 3.63) is 94.3 Å². The molecule has 0 spiro atoms. The monoisotopic (exact) mass is 438 g/mol. The van der Waals surface area contributed by atoms with Gasteiger partial charge < -0.3 is 9.47 Å². The Balaban J connectivity index is 1.81. The highest BCUT2D eigenvalue weighted by Crippen LogP contribution is 2.37. The number of hydrogen-bond donors (Lipinski definition) is 0. The maximum Gasteiger partial charge on any atom is 0.276 e. The number of hydrazone groups is 1. The molecule has 3 aromatic rings. The summed E-state index contributed by atoms with van der Waals surface area (Å²) in [7, 11) is 3.14. The van der Waals surface area contributed by atoms with Crippen LogP contribution in [-0.4, -0.2) is 30.8 Å². The fourth-order valence-corrected chi connectivity index (χ4v) is 3.85. The molecule has 0 radical (unpaired) electrons. The lowest BCUT2D eigenvalue weighted by atomic mass is 9.97. The minimum Gasteiger partial charge on any atom is -0.497 e. The van der Waals surface area contributed by atoms with E-state index in [1.807, 2.05) is 6.07 Å². The predicted octanol–water partition coefficient (Wildman–Crippen LogP) is 5.49. The van der Waals surface area contributed by atoms with Crippen LogP contribution in [0.1, 0.15) is 33.9 Å². The van der Waals surface area contributed by atoms with E-state index < -0.39 is 6.04 Å². The van der Waals surface area contributed by atoms with Crippen LogP contribution in [-0.2, 0) is 0 Å². The number of ether oxygens (including phenoxy) is 2. The van der Waals surface area contributed by atoms with Crippen molar-refractivity contribution in [3.8, 4) is 11.5 Å². The average molecular weight is 439 g/mol. The van der Waals surface area contributed by atoms with Gasteiger partial charge in [0.15, 0.2) is 0 Å². The van der Waals surface area contributed by atoms with E-state index in [1.54, 1.807) is 62.8 Å². The van der Waals surface area contributed by atoms with Crippen LogP contribution in [0.4, 0.5) is 4.39 Å². The molecule has 0 fully saturated rings. The lowest BCUT2D eigenvalue weighted by Crippen LogP contribution is -2.27. The van der Waals surface area contributed by atoms with Gasteiger partial charge in [0.2, 0.25) is 0 Å². The quantitative estimate of drug-likeness (QED) is 0.529. The number of carbonyl (C=O) groups excluding carboxylic acids is 1.